The van der Waals surface area contributed by atoms with Gasteiger partial charge >= 0.3 is 0 Å². The minimum absolute atomic E-state index is 0.117. The van der Waals surface area contributed by atoms with Gasteiger partial charge in [0.2, 0.25) is 0 Å². The molecule has 5 heteroatoms. The zero-order chi connectivity index (χ0) is 14.7. The lowest BCUT2D eigenvalue weighted by molar-refractivity contribution is 0.146. The average molecular weight is 286 g/mol. The molecule has 5 nitrogen and oxygen atoms in total. The number of aromatic amines is 1. The van der Waals surface area contributed by atoms with Crippen LogP contribution in [-0.4, -0.2) is 30.3 Å². The van der Waals surface area contributed by atoms with E-state index in [0.717, 1.165) is 30.0 Å². The van der Waals surface area contributed by atoms with Gasteiger partial charge in [-0.3, -0.25) is 4.79 Å². The number of H-pyrrole nitrogens is 1. The summed E-state index contributed by atoms with van der Waals surface area (Å²) >= 11 is 0. The topological polar surface area (TPSA) is 64.2 Å². The summed E-state index contributed by atoms with van der Waals surface area (Å²) in [5.74, 6) is 1.90. The molecule has 21 heavy (non-hydrogen) atoms. The number of methoxy groups -OCH3 is 1. The van der Waals surface area contributed by atoms with Crippen LogP contribution in [0, 0.1) is 0 Å². The summed E-state index contributed by atoms with van der Waals surface area (Å²) < 4.78 is 10.7. The fourth-order valence-electron chi connectivity index (χ4n) is 2.20. The minimum atomic E-state index is -0.117. The van der Waals surface area contributed by atoms with Crippen LogP contribution in [0.1, 0.15) is 24.6 Å². The van der Waals surface area contributed by atoms with Crippen molar-refractivity contribution < 1.29 is 9.47 Å². The predicted molar refractivity (Wildman–Crippen MR) is 79.6 cm³/mol. The van der Waals surface area contributed by atoms with E-state index in [9.17, 15) is 4.79 Å². The number of rotatable bonds is 6. The molecular weight excluding hydrogens is 268 g/mol. The van der Waals surface area contributed by atoms with Gasteiger partial charge in [-0.25, -0.2) is 4.98 Å². The van der Waals surface area contributed by atoms with Crippen molar-refractivity contribution in [3.63, 3.8) is 0 Å². The molecular formula is C16H18N2O3. The van der Waals surface area contributed by atoms with Gasteiger partial charge in [-0.05, 0) is 25.0 Å². The highest BCUT2D eigenvalue weighted by molar-refractivity contribution is 5.66. The van der Waals surface area contributed by atoms with Crippen molar-refractivity contribution in [2.24, 2.45) is 0 Å². The Morgan fingerprint density at radius 2 is 2.10 bits per heavy atom. The smallest absolute Gasteiger partial charge is 0.251 e. The molecule has 1 aliphatic carbocycles. The van der Waals surface area contributed by atoms with Crippen LogP contribution in [0.15, 0.2) is 35.1 Å². The second kappa shape index (κ2) is 6.10. The highest BCUT2D eigenvalue weighted by atomic mass is 16.5. The lowest BCUT2D eigenvalue weighted by atomic mass is 10.1. The zero-order valence-corrected chi connectivity index (χ0v) is 12.0. The van der Waals surface area contributed by atoms with E-state index in [-0.39, 0.29) is 5.56 Å². The number of hydrogen-bond donors (Lipinski definition) is 1. The third-order valence-electron chi connectivity index (χ3n) is 3.43. The summed E-state index contributed by atoms with van der Waals surface area (Å²) in [5.41, 5.74) is 1.38. The Hall–Kier alpha value is -2.14. The van der Waals surface area contributed by atoms with E-state index in [1.54, 1.807) is 7.11 Å². The third kappa shape index (κ3) is 3.31. The summed E-state index contributed by atoms with van der Waals surface area (Å²) in [4.78, 5) is 19.2. The van der Waals surface area contributed by atoms with E-state index < -0.39 is 0 Å². The Kier molecular flexibility index (Phi) is 4.01. The normalized spacial score (nSPS) is 14.1. The van der Waals surface area contributed by atoms with Crippen LogP contribution < -0.4 is 10.3 Å². The number of benzene rings is 1. The van der Waals surface area contributed by atoms with Crippen LogP contribution >= 0.6 is 0 Å². The van der Waals surface area contributed by atoms with E-state index in [4.69, 9.17) is 9.47 Å². The van der Waals surface area contributed by atoms with Gasteiger partial charge in [0.25, 0.3) is 5.56 Å². The molecule has 0 spiro atoms. The molecule has 0 unspecified atom stereocenters. The monoisotopic (exact) mass is 286 g/mol. The van der Waals surface area contributed by atoms with Crippen molar-refractivity contribution in [1.29, 1.82) is 0 Å². The quantitative estimate of drug-likeness (QED) is 0.828. The van der Waals surface area contributed by atoms with Crippen molar-refractivity contribution in [2.75, 3.05) is 20.3 Å². The molecule has 1 fully saturated rings. The lowest BCUT2D eigenvalue weighted by Crippen LogP contribution is -2.11. The highest BCUT2D eigenvalue weighted by Gasteiger charge is 2.26. The molecule has 0 radical (unpaired) electrons. The first-order valence-electron chi connectivity index (χ1n) is 7.10. The first kappa shape index (κ1) is 13.8. The van der Waals surface area contributed by atoms with E-state index in [1.807, 2.05) is 24.3 Å². The van der Waals surface area contributed by atoms with Gasteiger partial charge in [0, 0.05) is 24.7 Å². The summed E-state index contributed by atoms with van der Waals surface area (Å²) in [6.07, 6.45) is 2.19. The van der Waals surface area contributed by atoms with E-state index in [0.29, 0.717) is 24.8 Å². The second-order valence-corrected chi connectivity index (χ2v) is 5.13. The van der Waals surface area contributed by atoms with Gasteiger partial charge in [0.15, 0.2) is 0 Å². The largest absolute Gasteiger partial charge is 0.490 e. The number of aromatic nitrogens is 2. The maximum Gasteiger partial charge on any atom is 0.251 e. The molecule has 0 bridgehead atoms. The Morgan fingerprint density at radius 3 is 2.86 bits per heavy atom. The maximum absolute atomic E-state index is 11.8. The molecule has 1 N–H and O–H groups in total. The highest BCUT2D eigenvalue weighted by Crippen LogP contribution is 2.38. The first-order valence-corrected chi connectivity index (χ1v) is 7.10. The van der Waals surface area contributed by atoms with E-state index >= 15 is 0 Å². The number of hydrogen-bond acceptors (Lipinski definition) is 4. The van der Waals surface area contributed by atoms with Crippen LogP contribution in [0.3, 0.4) is 0 Å². The van der Waals surface area contributed by atoms with Crippen molar-refractivity contribution in [3.8, 4) is 17.0 Å². The summed E-state index contributed by atoms with van der Waals surface area (Å²) in [6.45, 7) is 0.983. The molecule has 1 heterocycles. The van der Waals surface area contributed by atoms with Crippen LogP contribution in [0.5, 0.6) is 5.75 Å². The van der Waals surface area contributed by atoms with E-state index in [1.165, 1.54) is 6.07 Å². The van der Waals surface area contributed by atoms with Gasteiger partial charge in [-0.1, -0.05) is 12.1 Å². The fraction of sp³-hybridized carbons (Fsp3) is 0.375. The minimum Gasteiger partial charge on any atom is -0.490 e. The molecule has 0 saturated heterocycles. The van der Waals surface area contributed by atoms with Gasteiger partial charge < -0.3 is 14.5 Å². The van der Waals surface area contributed by atoms with Crippen LogP contribution in [0.25, 0.3) is 11.3 Å². The second-order valence-electron chi connectivity index (χ2n) is 5.13. The molecule has 0 atom stereocenters. The van der Waals surface area contributed by atoms with E-state index in [2.05, 4.69) is 9.97 Å². The molecule has 1 saturated carbocycles. The molecule has 1 aromatic heterocycles. The number of nitrogens with zero attached hydrogens (tertiary/aromatic N) is 1. The van der Waals surface area contributed by atoms with Gasteiger partial charge in [0.1, 0.15) is 18.2 Å². The zero-order valence-electron chi connectivity index (χ0n) is 12.0. The van der Waals surface area contributed by atoms with Crippen molar-refractivity contribution in [2.45, 2.75) is 18.8 Å². The molecule has 3 rings (SSSR count). The molecule has 1 aliphatic rings. The first-order chi connectivity index (χ1) is 10.3. The average Bonchev–Trinajstić information content (AvgIpc) is 3.32. The predicted octanol–water partition coefficient (Wildman–Crippen LogP) is 2.34. The molecule has 2 aromatic rings. The Morgan fingerprint density at radius 1 is 1.29 bits per heavy atom. The molecule has 1 aromatic carbocycles. The lowest BCUT2D eigenvalue weighted by Gasteiger charge is -2.11. The summed E-state index contributed by atoms with van der Waals surface area (Å²) in [6, 6.07) is 9.13. The van der Waals surface area contributed by atoms with Gasteiger partial charge in [-0.2, -0.15) is 0 Å². The van der Waals surface area contributed by atoms with Crippen molar-refractivity contribution in [3.05, 3.63) is 46.5 Å². The van der Waals surface area contributed by atoms with Gasteiger partial charge in [-0.15, -0.1) is 0 Å². The van der Waals surface area contributed by atoms with Crippen molar-refractivity contribution >= 4 is 0 Å². The van der Waals surface area contributed by atoms with Crippen LogP contribution in [0.4, 0.5) is 0 Å². The Balaban J connectivity index is 1.94. The van der Waals surface area contributed by atoms with Crippen molar-refractivity contribution in [1.82, 2.24) is 9.97 Å². The Bertz CT molecular complexity index is 677. The standard InChI is InChI=1S/C16H18N2O3/c1-20-8-9-21-14-5-3-2-4-12(14)13-10-15(19)18-16(17-13)11-6-7-11/h2-5,10-11H,6-9H2,1H3,(H,17,18,19). The summed E-state index contributed by atoms with van der Waals surface area (Å²) in [7, 11) is 1.63. The van der Waals surface area contributed by atoms with Crippen LogP contribution in [0.2, 0.25) is 0 Å². The number of para-hydroxylation sites is 1. The molecule has 0 aliphatic heterocycles. The van der Waals surface area contributed by atoms with Crippen LogP contribution in [-0.2, 0) is 4.74 Å². The molecule has 110 valence electrons. The number of nitrogens with one attached hydrogen (secondary N) is 1. The SMILES string of the molecule is COCCOc1ccccc1-c1cc(=O)[nH]c(C2CC2)n1. The summed E-state index contributed by atoms with van der Waals surface area (Å²) in [5, 5.41) is 0. The fourth-order valence-corrected chi connectivity index (χ4v) is 2.20. The molecule has 0 amide bonds. The maximum atomic E-state index is 11.8. The Labute approximate surface area is 123 Å². The number of ether oxygens (including phenoxy) is 2. The third-order valence-corrected chi connectivity index (χ3v) is 3.43. The van der Waals surface area contributed by atoms with Gasteiger partial charge in [0.05, 0.1) is 12.3 Å².